The molecule has 0 radical (unpaired) electrons. The predicted molar refractivity (Wildman–Crippen MR) is 42.6 cm³/mol. The van der Waals surface area contributed by atoms with Crippen molar-refractivity contribution in [2.45, 2.75) is 17.7 Å². The van der Waals surface area contributed by atoms with Gasteiger partial charge in [0.15, 0.2) is 0 Å². The summed E-state index contributed by atoms with van der Waals surface area (Å²) in [5, 5.41) is 8.22. The molecular formula is C7H6Cl2O2. The van der Waals surface area contributed by atoms with Gasteiger partial charge in [-0.15, -0.1) is 0 Å². The highest BCUT2D eigenvalue weighted by Crippen LogP contribution is 2.63. The summed E-state index contributed by atoms with van der Waals surface area (Å²) in [5.74, 6) is 3.36. The number of carboxylic acids is 1. The monoisotopic (exact) mass is 192 g/mol. The van der Waals surface area contributed by atoms with Crippen LogP contribution in [0.25, 0.3) is 0 Å². The molecule has 0 unspecified atom stereocenters. The first-order chi connectivity index (χ1) is 4.87. The van der Waals surface area contributed by atoms with E-state index in [9.17, 15) is 4.79 Å². The minimum absolute atomic E-state index is 0.531. The number of aliphatic carboxylic acids is 1. The SMILES string of the molecule is C[C@]1(C#CC(=O)O)CC1(Cl)Cl. The van der Waals surface area contributed by atoms with Crippen LogP contribution in [0.2, 0.25) is 0 Å². The van der Waals surface area contributed by atoms with Crippen LogP contribution in [0.15, 0.2) is 0 Å². The van der Waals surface area contributed by atoms with Crippen molar-refractivity contribution in [1.29, 1.82) is 0 Å². The molecule has 1 fully saturated rings. The third kappa shape index (κ3) is 1.61. The van der Waals surface area contributed by atoms with Gasteiger partial charge in [-0.25, -0.2) is 4.79 Å². The Morgan fingerprint density at radius 3 is 2.36 bits per heavy atom. The number of halogens is 2. The second-order valence-corrected chi connectivity index (χ2v) is 4.25. The molecule has 60 valence electrons. The zero-order chi connectivity index (χ0) is 8.70. The summed E-state index contributed by atoms with van der Waals surface area (Å²) >= 11 is 11.4. The Kier molecular flexibility index (Phi) is 1.82. The quantitative estimate of drug-likeness (QED) is 0.469. The maximum Gasteiger partial charge on any atom is 0.381 e. The lowest BCUT2D eigenvalue weighted by atomic mass is 10.1. The fraction of sp³-hybridized carbons (Fsp3) is 0.571. The van der Waals surface area contributed by atoms with Crippen molar-refractivity contribution in [3.8, 4) is 11.8 Å². The normalized spacial score (nSPS) is 31.9. The van der Waals surface area contributed by atoms with Gasteiger partial charge in [-0.3, -0.25) is 0 Å². The zero-order valence-corrected chi connectivity index (χ0v) is 7.33. The smallest absolute Gasteiger partial charge is 0.381 e. The van der Waals surface area contributed by atoms with Crippen LogP contribution in [-0.4, -0.2) is 15.4 Å². The Labute approximate surface area is 74.5 Å². The molecule has 0 spiro atoms. The maximum absolute atomic E-state index is 10.0. The average molecular weight is 193 g/mol. The molecule has 2 nitrogen and oxygen atoms in total. The number of rotatable bonds is 0. The molecule has 4 heteroatoms. The number of alkyl halides is 2. The molecule has 11 heavy (non-hydrogen) atoms. The van der Waals surface area contributed by atoms with Gasteiger partial charge in [-0.2, -0.15) is 0 Å². The molecule has 0 bridgehead atoms. The van der Waals surface area contributed by atoms with Gasteiger partial charge in [0.1, 0.15) is 4.33 Å². The minimum atomic E-state index is -1.15. The van der Waals surface area contributed by atoms with Crippen molar-refractivity contribution in [3.05, 3.63) is 0 Å². The minimum Gasteiger partial charge on any atom is -0.472 e. The van der Waals surface area contributed by atoms with Gasteiger partial charge in [0.2, 0.25) is 0 Å². The molecule has 0 saturated heterocycles. The number of hydrogen-bond donors (Lipinski definition) is 1. The van der Waals surface area contributed by atoms with E-state index >= 15 is 0 Å². The third-order valence-corrected chi connectivity index (χ3v) is 2.80. The summed E-state index contributed by atoms with van der Waals surface area (Å²) in [7, 11) is 0. The van der Waals surface area contributed by atoms with E-state index in [-0.39, 0.29) is 0 Å². The van der Waals surface area contributed by atoms with E-state index in [0.29, 0.717) is 6.42 Å². The number of carboxylic acid groups (broad SMARTS) is 1. The molecule has 0 amide bonds. The van der Waals surface area contributed by atoms with Crippen LogP contribution in [0, 0.1) is 17.3 Å². The van der Waals surface area contributed by atoms with Gasteiger partial charge >= 0.3 is 5.97 Å². The Hall–Kier alpha value is -0.390. The van der Waals surface area contributed by atoms with Crippen molar-refractivity contribution >= 4 is 29.2 Å². The summed E-state index contributed by atoms with van der Waals surface area (Å²) in [6.07, 6.45) is 0.531. The van der Waals surface area contributed by atoms with E-state index < -0.39 is 15.7 Å². The topological polar surface area (TPSA) is 37.3 Å². The molecule has 0 aromatic heterocycles. The van der Waals surface area contributed by atoms with Crippen LogP contribution in [0.4, 0.5) is 0 Å². The van der Waals surface area contributed by atoms with Crippen LogP contribution >= 0.6 is 23.2 Å². The Balaban J connectivity index is 2.69. The van der Waals surface area contributed by atoms with Crippen molar-refractivity contribution in [1.82, 2.24) is 0 Å². The maximum atomic E-state index is 10.0. The number of hydrogen-bond acceptors (Lipinski definition) is 1. The summed E-state index contributed by atoms with van der Waals surface area (Å²) in [6, 6.07) is 0. The van der Waals surface area contributed by atoms with E-state index in [2.05, 4.69) is 5.92 Å². The molecule has 0 aromatic rings. The highest BCUT2D eigenvalue weighted by Gasteiger charge is 2.62. The van der Waals surface area contributed by atoms with Gasteiger partial charge in [0.25, 0.3) is 0 Å². The Bertz CT molecular complexity index is 261. The van der Waals surface area contributed by atoms with Gasteiger partial charge in [-0.1, -0.05) is 29.1 Å². The lowest BCUT2D eigenvalue weighted by molar-refractivity contribution is -0.130. The van der Waals surface area contributed by atoms with Crippen LogP contribution in [0.5, 0.6) is 0 Å². The highest BCUT2D eigenvalue weighted by molar-refractivity contribution is 6.51. The van der Waals surface area contributed by atoms with Crippen LogP contribution in [0.1, 0.15) is 13.3 Å². The Morgan fingerprint density at radius 1 is 1.64 bits per heavy atom. The Morgan fingerprint density at radius 2 is 2.09 bits per heavy atom. The molecule has 1 atom stereocenters. The van der Waals surface area contributed by atoms with Crippen LogP contribution in [0.3, 0.4) is 0 Å². The summed E-state index contributed by atoms with van der Waals surface area (Å²) < 4.78 is -0.852. The molecule has 1 aliphatic rings. The second kappa shape index (κ2) is 2.30. The lowest BCUT2D eigenvalue weighted by Crippen LogP contribution is -2.01. The van der Waals surface area contributed by atoms with Crippen molar-refractivity contribution in [2.24, 2.45) is 5.41 Å². The number of carbonyl (C=O) groups is 1. The lowest BCUT2D eigenvalue weighted by Gasteiger charge is -1.99. The highest BCUT2D eigenvalue weighted by atomic mass is 35.5. The summed E-state index contributed by atoms with van der Waals surface area (Å²) in [4.78, 5) is 10.0. The molecule has 0 heterocycles. The van der Waals surface area contributed by atoms with E-state index in [1.807, 2.05) is 5.92 Å². The van der Waals surface area contributed by atoms with E-state index in [4.69, 9.17) is 28.3 Å². The second-order valence-electron chi connectivity index (χ2n) is 2.77. The molecule has 1 aliphatic carbocycles. The zero-order valence-electron chi connectivity index (χ0n) is 5.82. The molecular weight excluding hydrogens is 187 g/mol. The third-order valence-electron chi connectivity index (χ3n) is 1.70. The van der Waals surface area contributed by atoms with Crippen molar-refractivity contribution < 1.29 is 9.90 Å². The van der Waals surface area contributed by atoms with Crippen LogP contribution < -0.4 is 0 Å². The van der Waals surface area contributed by atoms with Crippen LogP contribution in [-0.2, 0) is 4.79 Å². The fourth-order valence-electron chi connectivity index (χ4n) is 0.727. The largest absolute Gasteiger partial charge is 0.472 e. The first-order valence-electron chi connectivity index (χ1n) is 3.01. The standard InChI is InChI=1S/C7H6Cl2O2/c1-6(3-2-5(10)11)4-7(6,8)9/h4H2,1H3,(H,10,11)/t6-/m0/s1. The van der Waals surface area contributed by atoms with Gasteiger partial charge < -0.3 is 5.11 Å². The van der Waals surface area contributed by atoms with E-state index in [0.717, 1.165) is 0 Å². The molecule has 0 aromatic carbocycles. The van der Waals surface area contributed by atoms with Gasteiger partial charge in [0, 0.05) is 12.3 Å². The predicted octanol–water partition coefficient (Wildman–Crippen LogP) is 1.66. The van der Waals surface area contributed by atoms with E-state index in [1.165, 1.54) is 0 Å². The van der Waals surface area contributed by atoms with Crippen molar-refractivity contribution in [3.63, 3.8) is 0 Å². The summed E-state index contributed by atoms with van der Waals surface area (Å²) in [5.41, 5.74) is -0.533. The van der Waals surface area contributed by atoms with Crippen molar-refractivity contribution in [2.75, 3.05) is 0 Å². The fourth-order valence-corrected chi connectivity index (χ4v) is 1.36. The van der Waals surface area contributed by atoms with Gasteiger partial charge in [-0.05, 0) is 6.92 Å². The average Bonchev–Trinajstić information content (AvgIpc) is 2.29. The van der Waals surface area contributed by atoms with E-state index in [1.54, 1.807) is 6.92 Å². The molecule has 1 saturated carbocycles. The summed E-state index contributed by atoms with van der Waals surface area (Å²) in [6.45, 7) is 1.74. The molecule has 1 N–H and O–H groups in total. The first kappa shape index (κ1) is 8.70. The molecule has 0 aliphatic heterocycles. The first-order valence-corrected chi connectivity index (χ1v) is 3.77. The van der Waals surface area contributed by atoms with Gasteiger partial charge in [0.05, 0.1) is 5.41 Å². The molecule has 1 rings (SSSR count).